The molecule has 0 radical (unpaired) electrons. The van der Waals surface area contributed by atoms with Gasteiger partial charge >= 0.3 is 0 Å². The molecule has 0 bridgehead atoms. The summed E-state index contributed by atoms with van der Waals surface area (Å²) in [5, 5.41) is 17.6. The summed E-state index contributed by atoms with van der Waals surface area (Å²) >= 11 is 1.46. The molecule has 0 unspecified atom stereocenters. The summed E-state index contributed by atoms with van der Waals surface area (Å²) in [5.74, 6) is 2.71. The van der Waals surface area contributed by atoms with Gasteiger partial charge in [0, 0.05) is 61.5 Å². The molecule has 0 aliphatic heterocycles. The molecular formula is C29H42N8O3S. The monoisotopic (exact) mass is 582 g/mol. The second-order valence-electron chi connectivity index (χ2n) is 10.1. The van der Waals surface area contributed by atoms with Crippen LogP contribution in [0, 0.1) is 12.8 Å². The van der Waals surface area contributed by atoms with Crippen molar-refractivity contribution in [3.8, 4) is 5.75 Å². The minimum absolute atomic E-state index is 0.114. The van der Waals surface area contributed by atoms with Gasteiger partial charge in [-0.3, -0.25) is 9.89 Å². The van der Waals surface area contributed by atoms with Gasteiger partial charge in [-0.1, -0.05) is 19.8 Å². The second kappa shape index (κ2) is 15.6. The average Bonchev–Trinajstić information content (AvgIpc) is 3.65. The summed E-state index contributed by atoms with van der Waals surface area (Å²) in [7, 11) is 3.33. The van der Waals surface area contributed by atoms with Gasteiger partial charge in [0.25, 0.3) is 0 Å². The van der Waals surface area contributed by atoms with Crippen LogP contribution < -0.4 is 25.6 Å². The van der Waals surface area contributed by atoms with Crippen molar-refractivity contribution >= 4 is 40.8 Å². The highest BCUT2D eigenvalue weighted by Crippen LogP contribution is 2.38. The fourth-order valence-corrected chi connectivity index (χ4v) is 5.56. The molecule has 11 nitrogen and oxygen atoms in total. The fraction of sp³-hybridized carbons (Fsp3) is 0.517. The molecule has 1 aliphatic rings. The normalized spacial score (nSPS) is 13.4. The average molecular weight is 583 g/mol. The fourth-order valence-electron chi connectivity index (χ4n) is 4.81. The Morgan fingerprint density at radius 2 is 1.90 bits per heavy atom. The van der Waals surface area contributed by atoms with Gasteiger partial charge < -0.3 is 30.3 Å². The van der Waals surface area contributed by atoms with E-state index in [1.165, 1.54) is 11.8 Å². The number of hydrogen-bond acceptors (Lipinski definition) is 10. The molecule has 12 heteroatoms. The smallest absolute Gasteiger partial charge is 0.227 e. The second-order valence-corrected chi connectivity index (χ2v) is 11.1. The van der Waals surface area contributed by atoms with Gasteiger partial charge in [0.1, 0.15) is 0 Å². The molecule has 2 heterocycles. The first-order valence-electron chi connectivity index (χ1n) is 14.3. The molecule has 0 spiro atoms. The Hall–Kier alpha value is -3.35. The van der Waals surface area contributed by atoms with Gasteiger partial charge in [-0.25, -0.2) is 9.97 Å². The Bertz CT molecular complexity index is 1250. The number of carbonyl (C=O) groups is 1. The molecule has 3 aromatic rings. The van der Waals surface area contributed by atoms with Crippen LogP contribution in [0.5, 0.6) is 5.75 Å². The number of aromatic amines is 1. The number of benzene rings is 1. The van der Waals surface area contributed by atoms with Crippen LogP contribution in [0.15, 0.2) is 40.4 Å². The minimum Gasteiger partial charge on any atom is -0.490 e. The Morgan fingerprint density at radius 3 is 2.56 bits per heavy atom. The molecule has 4 rings (SSSR count). The number of anilines is 4. The highest BCUT2D eigenvalue weighted by atomic mass is 32.2. The summed E-state index contributed by atoms with van der Waals surface area (Å²) < 4.78 is 11.0. The summed E-state index contributed by atoms with van der Waals surface area (Å²) in [6.07, 6.45) is 5.16. The molecule has 1 aromatic carbocycles. The zero-order valence-corrected chi connectivity index (χ0v) is 25.3. The van der Waals surface area contributed by atoms with Crippen LogP contribution in [0.2, 0.25) is 0 Å². The molecule has 4 N–H and O–H groups in total. The molecule has 1 aliphatic carbocycles. The van der Waals surface area contributed by atoms with Gasteiger partial charge in [-0.05, 0) is 62.2 Å². The third kappa shape index (κ3) is 8.82. The molecule has 0 atom stereocenters. The molecule has 1 amide bonds. The van der Waals surface area contributed by atoms with Crippen LogP contribution >= 0.6 is 11.8 Å². The first-order valence-corrected chi connectivity index (χ1v) is 15.1. The lowest BCUT2D eigenvalue weighted by Crippen LogP contribution is -2.35. The van der Waals surface area contributed by atoms with Gasteiger partial charge in [0.05, 0.1) is 13.7 Å². The zero-order chi connectivity index (χ0) is 29.0. The van der Waals surface area contributed by atoms with Crippen molar-refractivity contribution in [3.05, 3.63) is 36.0 Å². The number of carbonyl (C=O) groups excluding carboxylic acids is 1. The largest absolute Gasteiger partial charge is 0.490 e. The number of H-pyrrole nitrogens is 1. The molecule has 0 saturated heterocycles. The van der Waals surface area contributed by atoms with E-state index in [1.807, 2.05) is 37.3 Å². The first kappa shape index (κ1) is 30.6. The van der Waals surface area contributed by atoms with Crippen LogP contribution in [0.3, 0.4) is 0 Å². The van der Waals surface area contributed by atoms with Crippen LogP contribution in [0.25, 0.3) is 0 Å². The van der Waals surface area contributed by atoms with E-state index in [2.05, 4.69) is 38.0 Å². The van der Waals surface area contributed by atoms with Crippen molar-refractivity contribution in [3.63, 3.8) is 0 Å². The Labute approximate surface area is 246 Å². The Balaban J connectivity index is 1.57. The maximum Gasteiger partial charge on any atom is 0.227 e. The van der Waals surface area contributed by atoms with Crippen LogP contribution in [-0.4, -0.2) is 73.1 Å². The molecule has 1 fully saturated rings. The number of methoxy groups -OCH3 is 2. The van der Waals surface area contributed by atoms with E-state index in [0.29, 0.717) is 29.1 Å². The Kier molecular flexibility index (Phi) is 11.6. The number of hydrogen-bond donors (Lipinski definition) is 4. The maximum atomic E-state index is 12.5. The van der Waals surface area contributed by atoms with E-state index in [9.17, 15) is 4.79 Å². The number of nitrogens with one attached hydrogen (secondary N) is 4. The molecule has 2 aromatic heterocycles. The summed E-state index contributed by atoms with van der Waals surface area (Å²) in [6.45, 7) is 7.85. The first-order chi connectivity index (χ1) is 20.0. The van der Waals surface area contributed by atoms with E-state index in [4.69, 9.17) is 19.4 Å². The predicted molar refractivity (Wildman–Crippen MR) is 164 cm³/mol. The van der Waals surface area contributed by atoms with Crippen molar-refractivity contribution in [2.45, 2.75) is 56.0 Å². The van der Waals surface area contributed by atoms with Crippen molar-refractivity contribution in [2.24, 2.45) is 5.92 Å². The van der Waals surface area contributed by atoms with Gasteiger partial charge in [-0.2, -0.15) is 5.10 Å². The number of nitrogens with zero attached hydrogens (tertiary/aromatic N) is 4. The standard InChI is InChI=1S/C29H42N8O3S/c1-5-16-37(17-14-30-15-18-39-3)27-25(40-4)26(32-24-19-20(2)35-36-24)33-29(34-27)41-23-12-10-22(11-13-23)31-28(38)21-8-6-7-9-21/h10-13,19,21,30H,5-9,14-18H2,1-4H3,(H,31,38)(H2,32,33,34,35,36). The molecule has 222 valence electrons. The topological polar surface area (TPSA) is 129 Å². The van der Waals surface area contributed by atoms with Gasteiger partial charge in [0.15, 0.2) is 22.6 Å². The van der Waals surface area contributed by atoms with Crippen molar-refractivity contribution in [1.82, 2.24) is 25.5 Å². The highest BCUT2D eigenvalue weighted by molar-refractivity contribution is 7.99. The zero-order valence-electron chi connectivity index (χ0n) is 24.5. The summed E-state index contributed by atoms with van der Waals surface area (Å²) in [4.78, 5) is 25.5. The number of aryl methyl sites for hydroxylation is 1. The predicted octanol–water partition coefficient (Wildman–Crippen LogP) is 4.99. The number of ether oxygens (including phenoxy) is 2. The molecule has 1 saturated carbocycles. The minimum atomic E-state index is 0.114. The highest BCUT2D eigenvalue weighted by Gasteiger charge is 2.23. The van der Waals surface area contributed by atoms with Gasteiger partial charge in [-0.15, -0.1) is 0 Å². The van der Waals surface area contributed by atoms with E-state index < -0.39 is 0 Å². The lowest BCUT2D eigenvalue weighted by molar-refractivity contribution is -0.119. The number of aromatic nitrogens is 4. The van der Waals surface area contributed by atoms with Gasteiger partial charge in [0.2, 0.25) is 11.7 Å². The molecule has 41 heavy (non-hydrogen) atoms. The van der Waals surface area contributed by atoms with Crippen LogP contribution in [0.1, 0.15) is 44.7 Å². The van der Waals surface area contributed by atoms with E-state index in [-0.39, 0.29) is 11.8 Å². The van der Waals surface area contributed by atoms with E-state index >= 15 is 0 Å². The summed E-state index contributed by atoms with van der Waals surface area (Å²) in [6, 6.07) is 9.74. The number of amides is 1. The third-order valence-corrected chi connectivity index (χ3v) is 7.75. The summed E-state index contributed by atoms with van der Waals surface area (Å²) in [5.41, 5.74) is 1.74. The quantitative estimate of drug-likeness (QED) is 0.135. The lowest BCUT2D eigenvalue weighted by atomic mass is 10.1. The maximum absolute atomic E-state index is 12.5. The number of rotatable bonds is 16. The van der Waals surface area contributed by atoms with E-state index in [1.54, 1.807) is 14.2 Å². The van der Waals surface area contributed by atoms with Crippen molar-refractivity contribution < 1.29 is 14.3 Å². The van der Waals surface area contributed by atoms with Crippen LogP contribution in [-0.2, 0) is 9.53 Å². The lowest BCUT2D eigenvalue weighted by Gasteiger charge is -2.26. The van der Waals surface area contributed by atoms with E-state index in [0.717, 1.165) is 80.4 Å². The SMILES string of the molecule is CCCN(CCNCCOC)c1nc(Sc2ccc(NC(=O)C3CCCC3)cc2)nc(Nc2cc(C)[nH]n2)c1OC. The molecular weight excluding hydrogens is 540 g/mol. The third-order valence-electron chi connectivity index (χ3n) is 6.88. The van der Waals surface area contributed by atoms with Crippen LogP contribution in [0.4, 0.5) is 23.1 Å². The van der Waals surface area contributed by atoms with Crippen molar-refractivity contribution in [2.75, 3.05) is 62.5 Å². The Morgan fingerprint density at radius 1 is 1.12 bits per heavy atom. The van der Waals surface area contributed by atoms with Crippen molar-refractivity contribution in [1.29, 1.82) is 0 Å².